The summed E-state index contributed by atoms with van der Waals surface area (Å²) >= 11 is 0. The molecule has 0 saturated heterocycles. The first-order chi connectivity index (χ1) is 12.5. The van der Waals surface area contributed by atoms with E-state index in [4.69, 9.17) is 4.74 Å². The molecule has 0 spiro atoms. The Kier molecular flexibility index (Phi) is 4.75. The van der Waals surface area contributed by atoms with Crippen molar-refractivity contribution in [1.82, 2.24) is 0 Å². The van der Waals surface area contributed by atoms with Gasteiger partial charge in [0.1, 0.15) is 0 Å². The molecular formula is C18H13N3O5. The fraction of sp³-hybridized carbons (Fsp3) is 0. The van der Waals surface area contributed by atoms with E-state index in [0.29, 0.717) is 0 Å². The molecule has 1 N–H and O–H groups in total. The summed E-state index contributed by atoms with van der Waals surface area (Å²) in [5, 5.41) is 23.6. The van der Waals surface area contributed by atoms with Crippen LogP contribution in [0, 0.1) is 20.2 Å². The van der Waals surface area contributed by atoms with Gasteiger partial charge in [0.15, 0.2) is 11.5 Å². The minimum atomic E-state index is -0.674. The van der Waals surface area contributed by atoms with Crippen LogP contribution < -0.4 is 10.1 Å². The van der Waals surface area contributed by atoms with Crippen LogP contribution in [-0.4, -0.2) is 9.85 Å². The first-order valence-corrected chi connectivity index (χ1v) is 7.56. The lowest BCUT2D eigenvalue weighted by Crippen LogP contribution is -2.01. The molecule has 0 unspecified atom stereocenters. The lowest BCUT2D eigenvalue weighted by molar-refractivity contribution is -0.394. The number of ether oxygens (including phenoxy) is 1. The number of non-ortho nitro benzene ring substituents is 2. The predicted octanol–water partition coefficient (Wildman–Crippen LogP) is 5.04. The summed E-state index contributed by atoms with van der Waals surface area (Å²) in [6, 6.07) is 20.4. The molecule has 0 aromatic heterocycles. The monoisotopic (exact) mass is 351 g/mol. The van der Waals surface area contributed by atoms with E-state index in [1.165, 1.54) is 18.2 Å². The Labute approximate surface area is 148 Å². The molecule has 1 aliphatic rings. The quantitative estimate of drug-likeness (QED) is 0.400. The molecular weight excluding hydrogens is 338 g/mol. The normalized spacial score (nSPS) is 10.8. The molecule has 3 aromatic rings. The second-order valence-corrected chi connectivity index (χ2v) is 5.25. The number of hydrogen-bond acceptors (Lipinski definition) is 6. The van der Waals surface area contributed by atoms with E-state index >= 15 is 0 Å². The van der Waals surface area contributed by atoms with Crippen LogP contribution >= 0.6 is 0 Å². The summed E-state index contributed by atoms with van der Waals surface area (Å²) in [6.45, 7) is 0. The fourth-order valence-corrected chi connectivity index (χ4v) is 2.30. The second kappa shape index (κ2) is 7.31. The van der Waals surface area contributed by atoms with Crippen LogP contribution in [0.1, 0.15) is 0 Å². The molecule has 8 heteroatoms. The van der Waals surface area contributed by atoms with Crippen molar-refractivity contribution >= 4 is 22.7 Å². The third-order valence-electron chi connectivity index (χ3n) is 3.51. The minimum Gasteiger partial charge on any atom is -0.453 e. The Morgan fingerprint density at radius 1 is 0.692 bits per heavy atom. The van der Waals surface area contributed by atoms with Crippen LogP contribution in [0.4, 0.5) is 22.7 Å². The van der Waals surface area contributed by atoms with Crippen molar-refractivity contribution in [3.05, 3.63) is 93.0 Å². The van der Waals surface area contributed by atoms with Gasteiger partial charge < -0.3 is 10.1 Å². The summed E-state index contributed by atoms with van der Waals surface area (Å²) < 4.78 is 5.71. The maximum atomic E-state index is 10.2. The van der Waals surface area contributed by atoms with Crippen molar-refractivity contribution in [3.63, 3.8) is 0 Å². The second-order valence-electron chi connectivity index (χ2n) is 5.25. The number of nitro benzene ring substituents is 2. The molecule has 1 aliphatic heterocycles. The number of benzene rings is 3. The van der Waals surface area contributed by atoms with E-state index in [-0.39, 0.29) is 11.4 Å². The SMILES string of the molecule is O=[N+]([O-])c1cccc([N+](=O)[O-])c1.c1ccc2c(c1)Nc1ccccc1O2. The van der Waals surface area contributed by atoms with Crippen molar-refractivity contribution < 1.29 is 14.6 Å². The highest BCUT2D eigenvalue weighted by molar-refractivity contribution is 5.75. The maximum Gasteiger partial charge on any atom is 0.276 e. The summed E-state index contributed by atoms with van der Waals surface area (Å²) in [4.78, 5) is 19.0. The predicted molar refractivity (Wildman–Crippen MR) is 96.0 cm³/mol. The van der Waals surface area contributed by atoms with Crippen LogP contribution in [-0.2, 0) is 0 Å². The molecule has 0 bridgehead atoms. The van der Waals surface area contributed by atoms with Gasteiger partial charge in [-0.3, -0.25) is 20.2 Å². The molecule has 3 aromatic carbocycles. The zero-order valence-corrected chi connectivity index (χ0v) is 13.4. The highest BCUT2D eigenvalue weighted by Crippen LogP contribution is 2.40. The van der Waals surface area contributed by atoms with Crippen molar-refractivity contribution in [2.75, 3.05) is 5.32 Å². The van der Waals surface area contributed by atoms with E-state index in [2.05, 4.69) is 5.32 Å². The number of nitro groups is 2. The molecule has 0 atom stereocenters. The molecule has 0 amide bonds. The third-order valence-corrected chi connectivity index (χ3v) is 3.51. The molecule has 1 heterocycles. The first kappa shape index (κ1) is 16.9. The number of nitrogens with zero attached hydrogens (tertiary/aromatic N) is 2. The summed E-state index contributed by atoms with van der Waals surface area (Å²) in [6.07, 6.45) is 0. The zero-order chi connectivity index (χ0) is 18.5. The van der Waals surface area contributed by atoms with Gasteiger partial charge in [-0.1, -0.05) is 24.3 Å². The van der Waals surface area contributed by atoms with Crippen LogP contribution in [0.3, 0.4) is 0 Å². The Bertz CT molecular complexity index is 858. The molecule has 8 nitrogen and oxygen atoms in total. The molecule has 0 radical (unpaired) electrons. The highest BCUT2D eigenvalue weighted by Gasteiger charge is 2.14. The fourth-order valence-electron chi connectivity index (χ4n) is 2.30. The minimum absolute atomic E-state index is 0.274. The lowest BCUT2D eigenvalue weighted by Gasteiger charge is -2.20. The van der Waals surface area contributed by atoms with Crippen LogP contribution in [0.5, 0.6) is 11.5 Å². The maximum absolute atomic E-state index is 10.2. The number of anilines is 2. The van der Waals surface area contributed by atoms with Crippen LogP contribution in [0.2, 0.25) is 0 Å². The van der Waals surface area contributed by atoms with Crippen LogP contribution in [0.25, 0.3) is 0 Å². The van der Waals surface area contributed by atoms with Crippen LogP contribution in [0.15, 0.2) is 72.8 Å². The van der Waals surface area contributed by atoms with Gasteiger partial charge in [0.05, 0.1) is 27.3 Å². The Hall–Kier alpha value is -3.94. The summed E-state index contributed by atoms with van der Waals surface area (Å²) in [5.74, 6) is 1.76. The molecule has 4 rings (SSSR count). The van der Waals surface area contributed by atoms with Gasteiger partial charge in [-0.25, -0.2) is 0 Å². The Morgan fingerprint density at radius 2 is 1.15 bits per heavy atom. The smallest absolute Gasteiger partial charge is 0.276 e. The molecule has 130 valence electrons. The van der Waals surface area contributed by atoms with E-state index in [0.717, 1.165) is 28.9 Å². The molecule has 26 heavy (non-hydrogen) atoms. The number of nitrogens with one attached hydrogen (secondary N) is 1. The molecule has 0 fully saturated rings. The number of rotatable bonds is 2. The van der Waals surface area contributed by atoms with Crippen molar-refractivity contribution in [3.8, 4) is 11.5 Å². The van der Waals surface area contributed by atoms with Crippen molar-refractivity contribution in [2.24, 2.45) is 0 Å². The van der Waals surface area contributed by atoms with Gasteiger partial charge in [-0.15, -0.1) is 0 Å². The standard InChI is InChI=1S/C12H9NO.C6H4N2O4/c1-3-7-11-9(5-1)13-10-6-2-4-8-12(10)14-11;9-7(10)5-2-1-3-6(4-5)8(11)12/h1-8,13H;1-4H. The number of hydrogen-bond donors (Lipinski definition) is 1. The van der Waals surface area contributed by atoms with E-state index in [9.17, 15) is 20.2 Å². The number of fused-ring (bicyclic) bond motifs is 2. The topological polar surface area (TPSA) is 108 Å². The molecule has 0 saturated carbocycles. The van der Waals surface area contributed by atoms with Gasteiger partial charge >= 0.3 is 0 Å². The van der Waals surface area contributed by atoms with Gasteiger partial charge in [0.2, 0.25) is 0 Å². The van der Waals surface area contributed by atoms with Gasteiger partial charge in [0.25, 0.3) is 11.4 Å². The average molecular weight is 351 g/mol. The van der Waals surface area contributed by atoms with Gasteiger partial charge in [0, 0.05) is 12.1 Å². The van der Waals surface area contributed by atoms with E-state index in [1.807, 2.05) is 48.5 Å². The lowest BCUT2D eigenvalue weighted by atomic mass is 10.2. The molecule has 0 aliphatic carbocycles. The Morgan fingerprint density at radius 3 is 1.62 bits per heavy atom. The zero-order valence-electron chi connectivity index (χ0n) is 13.4. The summed E-state index contributed by atoms with van der Waals surface area (Å²) in [5.41, 5.74) is 1.49. The first-order valence-electron chi connectivity index (χ1n) is 7.56. The van der Waals surface area contributed by atoms with E-state index in [1.54, 1.807) is 0 Å². The third kappa shape index (κ3) is 3.75. The highest BCUT2D eigenvalue weighted by atomic mass is 16.6. The van der Waals surface area contributed by atoms with Gasteiger partial charge in [-0.2, -0.15) is 0 Å². The van der Waals surface area contributed by atoms with Crippen molar-refractivity contribution in [2.45, 2.75) is 0 Å². The largest absolute Gasteiger partial charge is 0.453 e. The Balaban J connectivity index is 0.000000153. The average Bonchev–Trinajstić information content (AvgIpc) is 2.67. The van der Waals surface area contributed by atoms with E-state index < -0.39 is 9.85 Å². The van der Waals surface area contributed by atoms with Gasteiger partial charge in [-0.05, 0) is 30.3 Å². The summed E-state index contributed by atoms with van der Waals surface area (Å²) in [7, 11) is 0. The number of para-hydroxylation sites is 4. The van der Waals surface area contributed by atoms with Crippen molar-refractivity contribution in [1.29, 1.82) is 0 Å².